The zero-order valence-corrected chi connectivity index (χ0v) is 28.4. The van der Waals surface area contributed by atoms with Crippen LogP contribution in [0.2, 0.25) is 5.02 Å². The van der Waals surface area contributed by atoms with E-state index in [1.165, 1.54) is 18.2 Å². The van der Waals surface area contributed by atoms with Gasteiger partial charge in [0.25, 0.3) is 5.91 Å². The molecule has 3 aliphatic carbocycles. The van der Waals surface area contributed by atoms with Crippen molar-refractivity contribution < 1.29 is 32.2 Å². The van der Waals surface area contributed by atoms with Gasteiger partial charge in [-0.3, -0.25) is 4.79 Å². The van der Waals surface area contributed by atoms with Crippen LogP contribution in [0.5, 0.6) is 5.75 Å². The lowest BCUT2D eigenvalue weighted by Gasteiger charge is -2.46. The topological polar surface area (TPSA) is 111 Å². The van der Waals surface area contributed by atoms with E-state index in [1.54, 1.807) is 18.2 Å². The molecule has 11 heteroatoms. The fourth-order valence-electron chi connectivity index (χ4n) is 8.20. The van der Waals surface area contributed by atoms with Gasteiger partial charge in [0.05, 0.1) is 30.8 Å². The average molecular weight is 683 g/mol. The van der Waals surface area contributed by atoms with Gasteiger partial charge in [0, 0.05) is 29.1 Å². The number of esters is 1. The second-order valence-electron chi connectivity index (χ2n) is 14.0. The lowest BCUT2D eigenvalue weighted by atomic mass is 9.68. The number of aryl methyl sites for hydroxylation is 1. The molecule has 1 N–H and O–H groups in total. The summed E-state index contributed by atoms with van der Waals surface area (Å²) < 4.78 is 47.2. The van der Waals surface area contributed by atoms with E-state index in [4.69, 9.17) is 25.8 Å². The van der Waals surface area contributed by atoms with Crippen LogP contribution < -0.4 is 14.4 Å². The smallest absolute Gasteiger partial charge is 0.331 e. The monoisotopic (exact) mass is 682 g/mol. The van der Waals surface area contributed by atoms with Crippen molar-refractivity contribution >= 4 is 39.2 Å². The molecule has 7 rings (SSSR count). The van der Waals surface area contributed by atoms with Crippen molar-refractivity contribution in [1.29, 1.82) is 0 Å². The largest absolute Gasteiger partial charge is 0.490 e. The van der Waals surface area contributed by atoms with E-state index in [1.807, 2.05) is 18.2 Å². The summed E-state index contributed by atoms with van der Waals surface area (Å²) in [6, 6.07) is 11.4. The highest BCUT2D eigenvalue weighted by atomic mass is 35.5. The highest BCUT2D eigenvalue weighted by molar-refractivity contribution is 7.90. The SMILES string of the molecule is COC(=O)CO[C@H]1/C=C/CCC(C2CC2)S(=O)(=O)NC(=O)c2ccc3c(c2)N(C[C@@H]2CC[C@H]21)C[C@@]1(CCCc2cc(Cl)ccc21)CO3. The number of hydrogen-bond acceptors (Lipinski definition) is 8. The molecule has 0 saturated heterocycles. The lowest BCUT2D eigenvalue weighted by Crippen LogP contribution is -2.49. The molecule has 5 aliphatic rings. The van der Waals surface area contributed by atoms with E-state index >= 15 is 0 Å². The molecule has 2 aromatic carbocycles. The molecule has 2 aromatic rings. The van der Waals surface area contributed by atoms with Gasteiger partial charge in [0.1, 0.15) is 12.4 Å². The van der Waals surface area contributed by atoms with Crippen molar-refractivity contribution in [1.82, 2.24) is 4.72 Å². The summed E-state index contributed by atoms with van der Waals surface area (Å²) in [5.41, 5.74) is 3.27. The Hall–Kier alpha value is -3.08. The van der Waals surface area contributed by atoms with Gasteiger partial charge < -0.3 is 19.1 Å². The number of allylic oxidation sites excluding steroid dienone is 1. The predicted octanol–water partition coefficient (Wildman–Crippen LogP) is 5.59. The van der Waals surface area contributed by atoms with Crippen molar-refractivity contribution in [3.8, 4) is 5.75 Å². The molecule has 9 nitrogen and oxygen atoms in total. The summed E-state index contributed by atoms with van der Waals surface area (Å²) in [4.78, 5) is 28.0. The summed E-state index contributed by atoms with van der Waals surface area (Å²) in [7, 11) is -2.56. The van der Waals surface area contributed by atoms with Gasteiger partial charge in [0.15, 0.2) is 0 Å². The molecular weight excluding hydrogens is 640 g/mol. The van der Waals surface area contributed by atoms with Crippen molar-refractivity contribution in [3.05, 3.63) is 70.3 Å². The van der Waals surface area contributed by atoms with Crippen LogP contribution in [0.4, 0.5) is 5.69 Å². The number of nitrogens with zero attached hydrogens (tertiary/aromatic N) is 1. The summed E-state index contributed by atoms with van der Waals surface area (Å²) >= 11 is 6.43. The van der Waals surface area contributed by atoms with E-state index in [0.717, 1.165) is 55.7 Å². The molecule has 5 atom stereocenters. The van der Waals surface area contributed by atoms with E-state index in [-0.39, 0.29) is 35.9 Å². The summed E-state index contributed by atoms with van der Waals surface area (Å²) in [6.45, 7) is 1.71. The molecule has 1 amide bonds. The molecule has 2 fully saturated rings. The Morgan fingerprint density at radius 3 is 2.70 bits per heavy atom. The summed E-state index contributed by atoms with van der Waals surface area (Å²) in [6.07, 6.45) is 11.1. The van der Waals surface area contributed by atoms with Crippen molar-refractivity contribution in [2.24, 2.45) is 17.8 Å². The molecule has 1 unspecified atom stereocenters. The first-order valence-electron chi connectivity index (χ1n) is 16.9. The highest BCUT2D eigenvalue weighted by Gasteiger charge is 2.45. The van der Waals surface area contributed by atoms with E-state index in [2.05, 4.69) is 21.8 Å². The zero-order chi connectivity index (χ0) is 32.8. The van der Waals surface area contributed by atoms with Crippen LogP contribution in [-0.4, -0.2) is 65.1 Å². The molecule has 2 saturated carbocycles. The van der Waals surface area contributed by atoms with Gasteiger partial charge in [-0.15, -0.1) is 0 Å². The van der Waals surface area contributed by atoms with Crippen LogP contribution in [0, 0.1) is 17.8 Å². The number of ether oxygens (including phenoxy) is 3. The van der Waals surface area contributed by atoms with E-state index < -0.39 is 27.1 Å². The number of halogens is 1. The highest BCUT2D eigenvalue weighted by Crippen LogP contribution is 2.47. The van der Waals surface area contributed by atoms with Gasteiger partial charge in [0.2, 0.25) is 10.0 Å². The quantitative estimate of drug-likeness (QED) is 0.329. The second kappa shape index (κ2) is 13.1. The van der Waals surface area contributed by atoms with Crippen LogP contribution in [0.3, 0.4) is 0 Å². The van der Waals surface area contributed by atoms with E-state index in [9.17, 15) is 18.0 Å². The molecule has 0 radical (unpaired) electrons. The normalized spacial score (nSPS) is 30.9. The number of carbonyl (C=O) groups is 2. The molecule has 1 spiro atoms. The standard InChI is InChI=1S/C36H43ClN2O7S/c1-44-34(40)20-45-31-6-2-3-7-33(23-8-9-23)47(42,43)38-35(41)25-11-15-32-30(18-25)39(19-26-10-13-28(26)31)21-36(22-46-32)16-4-5-24-17-27(37)12-14-29(24)36/h2,6,11-12,14-15,17-18,23,26,28,31,33H,3-5,7-10,13,16,19-22H2,1H3,(H,38,41)/b6-2+/t26-,28+,31-,33?,36-/m0/s1. The minimum atomic E-state index is -3.91. The van der Waals surface area contributed by atoms with Crippen LogP contribution >= 0.6 is 11.6 Å². The number of anilines is 1. The van der Waals surface area contributed by atoms with Crippen molar-refractivity contribution in [2.75, 3.05) is 38.3 Å². The number of hydrogen-bond donors (Lipinski definition) is 1. The molecular formula is C36H43ClN2O7S. The van der Waals surface area contributed by atoms with Gasteiger partial charge in [-0.25, -0.2) is 17.9 Å². The van der Waals surface area contributed by atoms with E-state index in [0.29, 0.717) is 43.9 Å². The average Bonchev–Trinajstić information content (AvgIpc) is 3.89. The number of nitrogens with one attached hydrogen (secondary N) is 1. The van der Waals surface area contributed by atoms with Gasteiger partial charge in [-0.1, -0.05) is 29.8 Å². The number of sulfonamides is 1. The Bertz CT molecular complexity index is 1680. The third kappa shape index (κ3) is 6.65. The Morgan fingerprint density at radius 1 is 1.11 bits per heavy atom. The van der Waals surface area contributed by atoms with Crippen molar-refractivity contribution in [2.45, 2.75) is 74.6 Å². The third-order valence-electron chi connectivity index (χ3n) is 11.0. The summed E-state index contributed by atoms with van der Waals surface area (Å²) in [5, 5.41) is 0.0665. The lowest BCUT2D eigenvalue weighted by molar-refractivity contribution is -0.149. The number of carbonyl (C=O) groups excluding carboxylic acids is 2. The Kier molecular flexibility index (Phi) is 9.04. The third-order valence-corrected chi connectivity index (χ3v) is 13.1. The maximum Gasteiger partial charge on any atom is 0.331 e. The first kappa shape index (κ1) is 32.5. The maximum absolute atomic E-state index is 13.6. The number of benzene rings is 2. The van der Waals surface area contributed by atoms with Crippen LogP contribution in [0.25, 0.3) is 0 Å². The van der Waals surface area contributed by atoms with Crippen LogP contribution in [0.1, 0.15) is 72.9 Å². The van der Waals surface area contributed by atoms with Crippen molar-refractivity contribution in [3.63, 3.8) is 0 Å². The fraction of sp³-hybridized carbons (Fsp3) is 0.556. The predicted molar refractivity (Wildman–Crippen MR) is 179 cm³/mol. The van der Waals surface area contributed by atoms with Crippen LogP contribution in [0.15, 0.2) is 48.6 Å². The minimum absolute atomic E-state index is 0.0374. The Balaban J connectivity index is 1.28. The molecule has 0 aromatic heterocycles. The number of fused-ring (bicyclic) bond motifs is 4. The van der Waals surface area contributed by atoms with Gasteiger partial charge >= 0.3 is 5.97 Å². The fourth-order valence-corrected chi connectivity index (χ4v) is 10.2. The number of methoxy groups -OCH3 is 1. The Morgan fingerprint density at radius 2 is 1.94 bits per heavy atom. The molecule has 47 heavy (non-hydrogen) atoms. The molecule has 252 valence electrons. The minimum Gasteiger partial charge on any atom is -0.490 e. The van der Waals surface area contributed by atoms with Gasteiger partial charge in [-0.2, -0.15) is 0 Å². The first-order valence-corrected chi connectivity index (χ1v) is 18.8. The molecule has 2 bridgehead atoms. The summed E-state index contributed by atoms with van der Waals surface area (Å²) in [5.74, 6) is 0.100. The number of amides is 1. The first-order chi connectivity index (χ1) is 22.7. The maximum atomic E-state index is 13.6. The molecule has 2 heterocycles. The molecule has 2 aliphatic heterocycles. The van der Waals surface area contributed by atoms with Gasteiger partial charge in [-0.05, 0) is 117 Å². The Labute approximate surface area is 282 Å². The second-order valence-corrected chi connectivity index (χ2v) is 16.3. The van der Waals surface area contributed by atoms with Crippen LogP contribution in [-0.2, 0) is 36.1 Å². The zero-order valence-electron chi connectivity index (χ0n) is 26.8. The number of rotatable bonds is 4.